The van der Waals surface area contributed by atoms with E-state index in [9.17, 15) is 22.8 Å². The van der Waals surface area contributed by atoms with Crippen molar-refractivity contribution in [3.63, 3.8) is 0 Å². The van der Waals surface area contributed by atoms with Crippen LogP contribution in [0.1, 0.15) is 57.2 Å². The minimum absolute atomic E-state index is 0.230. The van der Waals surface area contributed by atoms with Gasteiger partial charge in [-0.2, -0.15) is 13.2 Å². The third kappa shape index (κ3) is 6.56. The molecule has 1 aromatic heterocycles. The predicted molar refractivity (Wildman–Crippen MR) is 137 cm³/mol. The summed E-state index contributed by atoms with van der Waals surface area (Å²) in [6, 6.07) is 10.3. The lowest BCUT2D eigenvalue weighted by Crippen LogP contribution is -2.40. The smallest absolute Gasteiger partial charge is 0.416 e. The van der Waals surface area contributed by atoms with Crippen molar-refractivity contribution in [2.45, 2.75) is 64.8 Å². The molecule has 8 nitrogen and oxygen atoms in total. The molecule has 0 aliphatic heterocycles. The van der Waals surface area contributed by atoms with Gasteiger partial charge in [0.1, 0.15) is 6.61 Å². The van der Waals surface area contributed by atoms with Crippen molar-refractivity contribution < 1.29 is 27.5 Å². The van der Waals surface area contributed by atoms with Gasteiger partial charge >= 0.3 is 18.2 Å². The number of nitrogens with one attached hydrogen (secondary N) is 4. The molecule has 0 radical (unpaired) electrons. The van der Waals surface area contributed by atoms with Crippen LogP contribution in [-0.2, 0) is 27.8 Å². The Labute approximate surface area is 218 Å². The highest BCUT2D eigenvalue weighted by Gasteiger charge is 2.36. The van der Waals surface area contributed by atoms with E-state index in [0.29, 0.717) is 11.0 Å². The molecule has 1 aliphatic rings. The fraction of sp³-hybridized carbons (Fsp3) is 0.444. The highest BCUT2D eigenvalue weighted by Crippen LogP contribution is 2.34. The molecular formula is C27H32F3N5O3. The molecular weight excluding hydrogens is 499 g/mol. The first-order chi connectivity index (χ1) is 17.7. The Kier molecular flexibility index (Phi) is 7.31. The van der Waals surface area contributed by atoms with Crippen LogP contribution in [0.2, 0.25) is 0 Å². The third-order valence-corrected chi connectivity index (χ3v) is 6.27. The largest absolute Gasteiger partial charge is 0.462 e. The van der Waals surface area contributed by atoms with Gasteiger partial charge in [-0.25, -0.2) is 9.78 Å². The number of rotatable bonds is 8. The lowest BCUT2D eigenvalue weighted by atomic mass is 9.91. The fourth-order valence-electron chi connectivity index (χ4n) is 3.85. The second-order valence-corrected chi connectivity index (χ2v) is 10.9. The fourth-order valence-corrected chi connectivity index (χ4v) is 3.85. The molecule has 0 saturated heterocycles. The molecule has 0 bridgehead atoms. The number of fused-ring (bicyclic) bond motifs is 1. The summed E-state index contributed by atoms with van der Waals surface area (Å²) in [4.78, 5) is 32.3. The van der Waals surface area contributed by atoms with Crippen LogP contribution in [0.3, 0.4) is 0 Å². The SMILES string of the molecule is CC(C)(C)C(=O)OCC(C)(Nc1nc2c(CNC(=O)NC3CC3)cccc2[nH]1)c1cccc(C(F)(F)F)c1. The molecule has 1 heterocycles. The number of alkyl halides is 3. The lowest BCUT2D eigenvalue weighted by molar-refractivity contribution is -0.154. The maximum Gasteiger partial charge on any atom is 0.416 e. The number of benzene rings is 2. The Bertz CT molecular complexity index is 1330. The van der Waals surface area contributed by atoms with E-state index in [1.54, 1.807) is 33.8 Å². The lowest BCUT2D eigenvalue weighted by Gasteiger charge is -2.32. The number of nitrogens with zero attached hydrogens (tertiary/aromatic N) is 1. The average molecular weight is 532 g/mol. The second kappa shape index (κ2) is 10.2. The van der Waals surface area contributed by atoms with Gasteiger partial charge in [0.2, 0.25) is 5.95 Å². The van der Waals surface area contributed by atoms with E-state index < -0.39 is 28.7 Å². The predicted octanol–water partition coefficient (Wildman–Crippen LogP) is 5.46. The summed E-state index contributed by atoms with van der Waals surface area (Å²) < 4.78 is 46.0. The number of imidazole rings is 1. The maximum atomic E-state index is 13.5. The number of para-hydroxylation sites is 1. The van der Waals surface area contributed by atoms with Gasteiger partial charge in [-0.1, -0.05) is 24.3 Å². The van der Waals surface area contributed by atoms with Crippen LogP contribution in [0.25, 0.3) is 11.0 Å². The highest BCUT2D eigenvalue weighted by molar-refractivity contribution is 5.82. The van der Waals surface area contributed by atoms with Crippen LogP contribution in [0, 0.1) is 5.41 Å². The first-order valence-corrected chi connectivity index (χ1v) is 12.4. The Morgan fingerprint density at radius 3 is 2.39 bits per heavy atom. The number of halogens is 3. The van der Waals surface area contributed by atoms with Crippen LogP contribution in [0.4, 0.5) is 23.9 Å². The van der Waals surface area contributed by atoms with Crippen LogP contribution >= 0.6 is 0 Å². The number of amides is 2. The van der Waals surface area contributed by atoms with E-state index in [-0.39, 0.29) is 36.7 Å². The standard InChI is InChI=1S/C27H32F3N5O3/c1-25(2,3)22(36)38-15-26(4,17-8-6-9-18(13-17)27(28,29)30)35-23-33-20-10-5-7-16(21(20)34-23)14-31-24(37)32-19-11-12-19/h5-10,13,19H,11-12,14-15H2,1-4H3,(H2,31,32,37)(H2,33,34,35). The minimum atomic E-state index is -4.54. The molecule has 4 rings (SSSR count). The number of hydrogen-bond acceptors (Lipinski definition) is 5. The van der Waals surface area contributed by atoms with Gasteiger partial charge in [0.25, 0.3) is 0 Å². The Balaban J connectivity index is 1.62. The number of carbonyl (C=O) groups excluding carboxylic acids is 2. The first kappa shape index (κ1) is 27.3. The molecule has 4 N–H and O–H groups in total. The topological polar surface area (TPSA) is 108 Å². The van der Waals surface area contributed by atoms with Gasteiger partial charge in [0, 0.05) is 12.6 Å². The Morgan fingerprint density at radius 1 is 1.05 bits per heavy atom. The van der Waals surface area contributed by atoms with E-state index >= 15 is 0 Å². The number of carbonyl (C=O) groups is 2. The van der Waals surface area contributed by atoms with E-state index in [1.165, 1.54) is 6.07 Å². The molecule has 204 valence electrons. The quantitative estimate of drug-likeness (QED) is 0.289. The van der Waals surface area contributed by atoms with Gasteiger partial charge in [-0.05, 0) is 69.9 Å². The van der Waals surface area contributed by atoms with Gasteiger partial charge in [0.15, 0.2) is 0 Å². The number of urea groups is 1. The van der Waals surface area contributed by atoms with Gasteiger partial charge in [0.05, 0.1) is 27.6 Å². The summed E-state index contributed by atoms with van der Waals surface area (Å²) in [5.41, 5.74) is -0.550. The molecule has 0 spiro atoms. The molecule has 1 unspecified atom stereocenters. The number of aromatic nitrogens is 2. The van der Waals surface area contributed by atoms with E-state index in [1.807, 2.05) is 18.2 Å². The van der Waals surface area contributed by atoms with Crippen LogP contribution in [0.15, 0.2) is 42.5 Å². The molecule has 2 aromatic carbocycles. The normalized spacial score (nSPS) is 15.6. The minimum Gasteiger partial charge on any atom is -0.462 e. The summed E-state index contributed by atoms with van der Waals surface area (Å²) >= 11 is 0. The summed E-state index contributed by atoms with van der Waals surface area (Å²) in [6.07, 6.45) is -2.58. The zero-order valence-corrected chi connectivity index (χ0v) is 21.8. The van der Waals surface area contributed by atoms with Crippen molar-refractivity contribution in [3.8, 4) is 0 Å². The average Bonchev–Trinajstić information content (AvgIpc) is 3.56. The highest BCUT2D eigenvalue weighted by atomic mass is 19.4. The second-order valence-electron chi connectivity index (χ2n) is 10.9. The number of anilines is 1. The molecule has 2 amide bonds. The first-order valence-electron chi connectivity index (χ1n) is 12.4. The van der Waals surface area contributed by atoms with Gasteiger partial charge < -0.3 is 25.7 Å². The number of hydrogen-bond donors (Lipinski definition) is 4. The van der Waals surface area contributed by atoms with Crippen LogP contribution in [0.5, 0.6) is 0 Å². The van der Waals surface area contributed by atoms with E-state index in [0.717, 1.165) is 30.5 Å². The van der Waals surface area contributed by atoms with Gasteiger partial charge in [-0.3, -0.25) is 4.79 Å². The van der Waals surface area contributed by atoms with E-state index in [4.69, 9.17) is 4.74 Å². The van der Waals surface area contributed by atoms with Crippen molar-refractivity contribution >= 4 is 29.0 Å². The Hall–Kier alpha value is -3.76. The van der Waals surface area contributed by atoms with Crippen LogP contribution in [-0.4, -0.2) is 34.6 Å². The number of ether oxygens (including phenoxy) is 1. The molecule has 1 fully saturated rings. The monoisotopic (exact) mass is 531 g/mol. The van der Waals surface area contributed by atoms with Crippen LogP contribution < -0.4 is 16.0 Å². The van der Waals surface area contributed by atoms with Crippen molar-refractivity contribution in [2.75, 3.05) is 11.9 Å². The maximum absolute atomic E-state index is 13.5. The molecule has 1 atom stereocenters. The molecule has 3 aromatic rings. The van der Waals surface area contributed by atoms with Crippen molar-refractivity contribution in [1.29, 1.82) is 0 Å². The number of H-pyrrole nitrogens is 1. The summed E-state index contributed by atoms with van der Waals surface area (Å²) in [5, 5.41) is 8.85. The summed E-state index contributed by atoms with van der Waals surface area (Å²) in [7, 11) is 0. The Morgan fingerprint density at radius 2 is 1.74 bits per heavy atom. The van der Waals surface area contributed by atoms with Crippen molar-refractivity contribution in [2.24, 2.45) is 5.41 Å². The summed E-state index contributed by atoms with van der Waals surface area (Å²) in [5.74, 6) is -0.207. The zero-order valence-electron chi connectivity index (χ0n) is 21.8. The zero-order chi connectivity index (χ0) is 27.7. The van der Waals surface area contributed by atoms with Crippen molar-refractivity contribution in [3.05, 3.63) is 59.2 Å². The molecule has 11 heteroatoms. The van der Waals surface area contributed by atoms with E-state index in [2.05, 4.69) is 25.9 Å². The third-order valence-electron chi connectivity index (χ3n) is 6.27. The number of esters is 1. The van der Waals surface area contributed by atoms with Gasteiger partial charge in [-0.15, -0.1) is 0 Å². The molecule has 38 heavy (non-hydrogen) atoms. The number of aromatic amines is 1. The summed E-state index contributed by atoms with van der Waals surface area (Å²) in [6.45, 7) is 6.75. The molecule has 1 aliphatic carbocycles. The van der Waals surface area contributed by atoms with Crippen molar-refractivity contribution in [1.82, 2.24) is 20.6 Å². The molecule has 1 saturated carbocycles.